The molecule has 0 radical (unpaired) electrons. The lowest BCUT2D eigenvalue weighted by molar-refractivity contribution is -0.123. The van der Waals surface area contributed by atoms with Gasteiger partial charge in [-0.2, -0.15) is 0 Å². The maximum Gasteiger partial charge on any atom is 0.410 e. The zero-order valence-corrected chi connectivity index (χ0v) is 25.6. The van der Waals surface area contributed by atoms with Crippen LogP contribution in [0.4, 0.5) is 10.5 Å². The van der Waals surface area contributed by atoms with E-state index < -0.39 is 28.5 Å². The van der Waals surface area contributed by atoms with Crippen molar-refractivity contribution < 1.29 is 23.6 Å². The van der Waals surface area contributed by atoms with Gasteiger partial charge in [-0.3, -0.25) is 19.5 Å². The number of carbonyl (C=O) groups is 3. The van der Waals surface area contributed by atoms with Gasteiger partial charge in [0.2, 0.25) is 0 Å². The molecule has 1 aliphatic heterocycles. The first-order valence-electron chi connectivity index (χ1n) is 12.8. The van der Waals surface area contributed by atoms with Crippen LogP contribution < -0.4 is 4.90 Å². The smallest absolute Gasteiger partial charge is 0.410 e. The summed E-state index contributed by atoms with van der Waals surface area (Å²) < 4.78 is 11.0. The lowest BCUT2D eigenvalue weighted by Gasteiger charge is -2.29. The van der Waals surface area contributed by atoms with E-state index in [1.165, 1.54) is 16.0 Å². The number of aromatic nitrogens is 2. The maximum atomic E-state index is 13.2. The van der Waals surface area contributed by atoms with Gasteiger partial charge in [-0.05, 0) is 57.9 Å². The third-order valence-electron chi connectivity index (χ3n) is 6.32. The van der Waals surface area contributed by atoms with E-state index >= 15 is 0 Å². The molecule has 13 heteroatoms. The molecule has 2 aromatic heterocycles. The van der Waals surface area contributed by atoms with Crippen molar-refractivity contribution >= 4 is 69.9 Å². The first-order chi connectivity index (χ1) is 19.4. The fourth-order valence-electron chi connectivity index (χ4n) is 4.49. The van der Waals surface area contributed by atoms with Gasteiger partial charge in [0.25, 0.3) is 5.91 Å². The average Bonchev–Trinajstić information content (AvgIpc) is 3.58. The predicted octanol–water partition coefficient (Wildman–Crippen LogP) is 7.21. The molecule has 1 fully saturated rings. The molecule has 0 aliphatic carbocycles. The van der Waals surface area contributed by atoms with Crippen molar-refractivity contribution in [3.8, 4) is 22.7 Å². The number of ketones is 1. The van der Waals surface area contributed by atoms with Crippen molar-refractivity contribution in [3.63, 3.8) is 0 Å². The van der Waals surface area contributed by atoms with Gasteiger partial charge in [-0.15, -0.1) is 0 Å². The van der Waals surface area contributed by atoms with Gasteiger partial charge in [-0.25, -0.2) is 4.79 Å². The number of rotatable bonds is 8. The minimum absolute atomic E-state index is 0.0212. The van der Waals surface area contributed by atoms with Gasteiger partial charge in [0.15, 0.2) is 16.4 Å². The summed E-state index contributed by atoms with van der Waals surface area (Å²) in [6, 6.07) is 9.28. The summed E-state index contributed by atoms with van der Waals surface area (Å²) >= 11 is 24.5. The Balaban J connectivity index is 1.54. The van der Waals surface area contributed by atoms with Crippen LogP contribution in [0, 0.1) is 0 Å². The minimum atomic E-state index is -1.37. The van der Waals surface area contributed by atoms with E-state index in [0.29, 0.717) is 57.8 Å². The van der Waals surface area contributed by atoms with Crippen molar-refractivity contribution in [2.24, 2.45) is 0 Å². The Bertz CT molecular complexity index is 1420. The van der Waals surface area contributed by atoms with Crippen LogP contribution in [0.1, 0.15) is 40.0 Å². The van der Waals surface area contributed by atoms with Gasteiger partial charge in [0.1, 0.15) is 17.0 Å². The highest BCUT2D eigenvalue weighted by atomic mass is 35.5. The second-order valence-corrected chi connectivity index (χ2v) is 12.3. The molecule has 4 rings (SSSR count). The van der Waals surface area contributed by atoms with E-state index in [2.05, 4.69) is 10.1 Å². The number of carbonyl (C=O) groups excluding carboxylic acids is 3. The molecule has 0 spiro atoms. The quantitative estimate of drug-likeness (QED) is 0.239. The third-order valence-corrected chi connectivity index (χ3v) is 7.33. The highest BCUT2D eigenvalue weighted by Gasteiger charge is 2.36. The molecule has 1 saturated heterocycles. The topological polar surface area (TPSA) is 106 Å². The number of benzene rings is 1. The second kappa shape index (κ2) is 13.0. The predicted molar refractivity (Wildman–Crippen MR) is 159 cm³/mol. The van der Waals surface area contributed by atoms with Crippen molar-refractivity contribution in [2.45, 2.75) is 56.5 Å². The maximum absolute atomic E-state index is 13.2. The zero-order chi connectivity index (χ0) is 29.9. The Morgan fingerprint density at radius 1 is 1.12 bits per heavy atom. The number of hydrogen-bond donors (Lipinski definition) is 0. The van der Waals surface area contributed by atoms with Crippen molar-refractivity contribution in [1.29, 1.82) is 0 Å². The number of pyridine rings is 1. The molecule has 0 bridgehead atoms. The largest absolute Gasteiger partial charge is 0.444 e. The van der Waals surface area contributed by atoms with Crippen LogP contribution in [0.3, 0.4) is 0 Å². The van der Waals surface area contributed by atoms with Crippen LogP contribution in [0.2, 0.25) is 10.0 Å². The highest BCUT2D eigenvalue weighted by molar-refractivity contribution is 6.54. The Labute approximate surface area is 257 Å². The van der Waals surface area contributed by atoms with Gasteiger partial charge in [-0.1, -0.05) is 57.6 Å². The number of nitrogens with zero attached hydrogens (tertiary/aromatic N) is 4. The lowest BCUT2D eigenvalue weighted by Crippen LogP contribution is -2.44. The first-order valence-corrected chi connectivity index (χ1v) is 14.5. The number of ether oxygens (including phenoxy) is 1. The molecule has 9 nitrogen and oxygen atoms in total. The van der Waals surface area contributed by atoms with Gasteiger partial charge < -0.3 is 14.2 Å². The summed E-state index contributed by atoms with van der Waals surface area (Å²) in [4.78, 5) is 44.6. The Morgan fingerprint density at radius 2 is 1.83 bits per heavy atom. The SMILES string of the molecule is CC(C)(C)OC(=O)N1CCCC1C(=O)CCN(C(=O)C(Cl)Cl)c1ccnc(-c2cc(-c3c(Cl)cccc3Cl)no2)c1. The molecule has 218 valence electrons. The summed E-state index contributed by atoms with van der Waals surface area (Å²) in [5, 5.41) is 4.89. The van der Waals surface area contributed by atoms with E-state index in [1.807, 2.05) is 0 Å². The Hall–Kier alpha value is -2.85. The number of amides is 2. The number of hydrogen-bond acceptors (Lipinski definition) is 7. The molecular weight excluding hydrogens is 614 g/mol. The minimum Gasteiger partial charge on any atom is -0.444 e. The van der Waals surface area contributed by atoms with E-state index in [0.717, 1.165) is 0 Å². The molecular formula is C28H28Cl4N4O5. The van der Waals surface area contributed by atoms with Crippen LogP contribution >= 0.6 is 46.4 Å². The molecule has 1 aliphatic rings. The number of halogens is 4. The standard InChI is InChI=1S/C28H28Cl4N4O5/c1-28(2,3)40-27(39)36-12-5-8-21(36)22(37)10-13-35(26(38)25(31)32)16-9-11-33-19(14-16)23-15-20(34-41-23)24-17(29)6-4-7-18(24)30/h4,6-7,9,11,14-15,21,25H,5,8,10,12-13H2,1-3H3. The normalized spacial score (nSPS) is 15.3. The number of Topliss-reactive ketones (excluding diaryl/α,β-unsaturated/α-hetero) is 1. The van der Waals surface area contributed by atoms with E-state index in [4.69, 9.17) is 55.7 Å². The lowest BCUT2D eigenvalue weighted by atomic mass is 10.1. The molecule has 1 atom stereocenters. The molecule has 2 amide bonds. The third kappa shape index (κ3) is 7.52. The summed E-state index contributed by atoms with van der Waals surface area (Å²) in [6.45, 7) is 5.71. The van der Waals surface area contributed by atoms with Gasteiger partial charge in [0, 0.05) is 43.0 Å². The molecule has 1 unspecified atom stereocenters. The van der Waals surface area contributed by atoms with Crippen LogP contribution in [0.25, 0.3) is 22.7 Å². The summed E-state index contributed by atoms with van der Waals surface area (Å²) in [6.07, 6.45) is 2.10. The second-order valence-electron chi connectivity index (χ2n) is 10.4. The summed E-state index contributed by atoms with van der Waals surface area (Å²) in [7, 11) is 0. The highest BCUT2D eigenvalue weighted by Crippen LogP contribution is 2.36. The molecule has 1 aromatic carbocycles. The van der Waals surface area contributed by atoms with Crippen LogP contribution in [-0.4, -0.2) is 62.4 Å². The van der Waals surface area contributed by atoms with Crippen molar-refractivity contribution in [3.05, 3.63) is 52.6 Å². The first kappa shape index (κ1) is 31.1. The fourth-order valence-corrected chi connectivity index (χ4v) is 5.32. The van der Waals surface area contributed by atoms with E-state index in [9.17, 15) is 14.4 Å². The van der Waals surface area contributed by atoms with Gasteiger partial charge >= 0.3 is 6.09 Å². The van der Waals surface area contributed by atoms with Crippen LogP contribution in [0.15, 0.2) is 47.1 Å². The van der Waals surface area contributed by atoms with Crippen LogP contribution in [-0.2, 0) is 14.3 Å². The van der Waals surface area contributed by atoms with Crippen LogP contribution in [0.5, 0.6) is 0 Å². The zero-order valence-electron chi connectivity index (χ0n) is 22.6. The molecule has 0 saturated carbocycles. The molecule has 3 heterocycles. The average molecular weight is 642 g/mol. The molecule has 3 aromatic rings. The molecule has 0 N–H and O–H groups in total. The summed E-state index contributed by atoms with van der Waals surface area (Å²) in [5.41, 5.74) is 0.991. The Morgan fingerprint density at radius 3 is 2.49 bits per heavy atom. The monoisotopic (exact) mass is 640 g/mol. The van der Waals surface area contributed by atoms with Gasteiger partial charge in [0.05, 0.1) is 16.1 Å². The van der Waals surface area contributed by atoms with Crippen molar-refractivity contribution in [2.75, 3.05) is 18.0 Å². The molecule has 41 heavy (non-hydrogen) atoms. The Kier molecular flexibility index (Phi) is 9.85. The van der Waals surface area contributed by atoms with E-state index in [1.54, 1.807) is 57.2 Å². The number of alkyl halides is 2. The summed E-state index contributed by atoms with van der Waals surface area (Å²) in [5.74, 6) is -0.513. The fraction of sp³-hybridized carbons (Fsp3) is 0.393. The van der Waals surface area contributed by atoms with Crippen molar-refractivity contribution in [1.82, 2.24) is 15.0 Å². The number of likely N-dealkylation sites (tertiary alicyclic amines) is 1. The number of anilines is 1. The van der Waals surface area contributed by atoms with E-state index in [-0.39, 0.29) is 18.7 Å².